The summed E-state index contributed by atoms with van der Waals surface area (Å²) in [5.41, 5.74) is 1.04. The zero-order valence-electron chi connectivity index (χ0n) is 9.65. The fourth-order valence-corrected chi connectivity index (χ4v) is 1.95. The van der Waals surface area contributed by atoms with E-state index in [0.29, 0.717) is 6.54 Å². The number of rotatable bonds is 2. The zero-order chi connectivity index (χ0) is 11.4. The Hall–Kier alpha value is -1.52. The number of hydrogen-bond donors (Lipinski definition) is 1. The fraction of sp³-hybridized carbons (Fsp3) is 0.636. The van der Waals surface area contributed by atoms with Crippen molar-refractivity contribution in [2.24, 2.45) is 7.05 Å². The van der Waals surface area contributed by atoms with E-state index >= 15 is 0 Å². The van der Waals surface area contributed by atoms with Crippen LogP contribution in [0.1, 0.15) is 24.8 Å². The number of nitrogens with zero attached hydrogens (tertiary/aromatic N) is 3. The molecule has 2 rings (SSSR count). The predicted molar refractivity (Wildman–Crippen MR) is 60.9 cm³/mol. The Morgan fingerprint density at radius 2 is 2.19 bits per heavy atom. The number of nitrogens with one attached hydrogen (secondary N) is 1. The van der Waals surface area contributed by atoms with Gasteiger partial charge in [0.1, 0.15) is 0 Å². The third-order valence-electron chi connectivity index (χ3n) is 2.85. The monoisotopic (exact) mass is 222 g/mol. The van der Waals surface area contributed by atoms with Crippen LogP contribution in [0.25, 0.3) is 0 Å². The molecule has 0 unspecified atom stereocenters. The molecule has 1 aromatic heterocycles. The van der Waals surface area contributed by atoms with E-state index in [1.165, 1.54) is 6.42 Å². The Bertz CT molecular complexity index is 355. The van der Waals surface area contributed by atoms with Gasteiger partial charge in [-0.25, -0.2) is 4.79 Å². The molecule has 2 amide bonds. The number of likely N-dealkylation sites (tertiary alicyclic amines) is 1. The molecule has 1 aliphatic heterocycles. The summed E-state index contributed by atoms with van der Waals surface area (Å²) in [7, 11) is 1.87. The first kappa shape index (κ1) is 11.0. The van der Waals surface area contributed by atoms with Crippen molar-refractivity contribution in [3.8, 4) is 0 Å². The van der Waals surface area contributed by atoms with E-state index in [1.807, 2.05) is 18.1 Å². The number of carbonyl (C=O) groups is 1. The minimum absolute atomic E-state index is 0.0450. The van der Waals surface area contributed by atoms with Crippen molar-refractivity contribution >= 4 is 6.03 Å². The molecule has 1 saturated heterocycles. The average molecular weight is 222 g/mol. The van der Waals surface area contributed by atoms with Crippen molar-refractivity contribution in [2.75, 3.05) is 13.1 Å². The van der Waals surface area contributed by atoms with Gasteiger partial charge in [0, 0.05) is 38.4 Å². The van der Waals surface area contributed by atoms with Crippen molar-refractivity contribution in [3.05, 3.63) is 18.0 Å². The summed E-state index contributed by atoms with van der Waals surface area (Å²) in [6.07, 6.45) is 7.18. The molecule has 5 heteroatoms. The molecule has 0 aromatic carbocycles. The molecule has 0 spiro atoms. The molecular weight excluding hydrogens is 204 g/mol. The summed E-state index contributed by atoms with van der Waals surface area (Å²) in [6, 6.07) is 0.0450. The van der Waals surface area contributed by atoms with Gasteiger partial charge in [0.25, 0.3) is 0 Å². The summed E-state index contributed by atoms with van der Waals surface area (Å²) in [5, 5.41) is 6.97. The fourth-order valence-electron chi connectivity index (χ4n) is 1.95. The van der Waals surface area contributed by atoms with Crippen molar-refractivity contribution in [1.82, 2.24) is 20.0 Å². The van der Waals surface area contributed by atoms with Crippen LogP contribution in [0.4, 0.5) is 4.79 Å². The molecule has 5 nitrogen and oxygen atoms in total. The lowest BCUT2D eigenvalue weighted by molar-refractivity contribution is 0.186. The maximum Gasteiger partial charge on any atom is 0.317 e. The van der Waals surface area contributed by atoms with Crippen LogP contribution in [0.3, 0.4) is 0 Å². The second-order valence-electron chi connectivity index (χ2n) is 4.23. The van der Waals surface area contributed by atoms with Gasteiger partial charge in [-0.2, -0.15) is 5.10 Å². The van der Waals surface area contributed by atoms with E-state index in [-0.39, 0.29) is 6.03 Å². The van der Waals surface area contributed by atoms with E-state index in [1.54, 1.807) is 10.9 Å². The maximum atomic E-state index is 11.8. The molecule has 0 radical (unpaired) electrons. The topological polar surface area (TPSA) is 50.2 Å². The molecular formula is C11H18N4O. The molecule has 1 fully saturated rings. The lowest BCUT2D eigenvalue weighted by Gasteiger charge is -2.26. The molecule has 0 bridgehead atoms. The van der Waals surface area contributed by atoms with Crippen LogP contribution in [-0.2, 0) is 13.6 Å². The van der Waals surface area contributed by atoms with Gasteiger partial charge in [0.2, 0.25) is 0 Å². The summed E-state index contributed by atoms with van der Waals surface area (Å²) in [4.78, 5) is 13.7. The van der Waals surface area contributed by atoms with E-state index in [2.05, 4.69) is 10.4 Å². The largest absolute Gasteiger partial charge is 0.334 e. The summed E-state index contributed by atoms with van der Waals surface area (Å²) in [6.45, 7) is 2.33. The van der Waals surface area contributed by atoms with Crippen LogP contribution >= 0.6 is 0 Å². The first-order valence-corrected chi connectivity index (χ1v) is 5.76. The number of aromatic nitrogens is 2. The first-order chi connectivity index (χ1) is 7.75. The van der Waals surface area contributed by atoms with Crippen molar-refractivity contribution in [2.45, 2.75) is 25.8 Å². The highest BCUT2D eigenvalue weighted by Gasteiger charge is 2.15. The van der Waals surface area contributed by atoms with Crippen LogP contribution in [0.5, 0.6) is 0 Å². The van der Waals surface area contributed by atoms with Crippen LogP contribution in [0.15, 0.2) is 12.4 Å². The first-order valence-electron chi connectivity index (χ1n) is 5.76. The highest BCUT2D eigenvalue weighted by atomic mass is 16.2. The SMILES string of the molecule is Cn1cc(CNC(=O)N2CCCCC2)cn1. The van der Waals surface area contributed by atoms with Gasteiger partial charge in [-0.3, -0.25) is 4.68 Å². The molecule has 0 saturated carbocycles. The third-order valence-corrected chi connectivity index (χ3v) is 2.85. The number of carbonyl (C=O) groups excluding carboxylic acids is 1. The van der Waals surface area contributed by atoms with Crippen LogP contribution in [0, 0.1) is 0 Å². The number of amides is 2. The summed E-state index contributed by atoms with van der Waals surface area (Å²) >= 11 is 0. The molecule has 2 heterocycles. The molecule has 0 atom stereocenters. The Labute approximate surface area is 95.4 Å². The lowest BCUT2D eigenvalue weighted by atomic mass is 10.1. The van der Waals surface area contributed by atoms with Gasteiger partial charge in [-0.1, -0.05) is 0 Å². The number of aryl methyl sites for hydroxylation is 1. The van der Waals surface area contributed by atoms with Gasteiger partial charge >= 0.3 is 6.03 Å². The second-order valence-corrected chi connectivity index (χ2v) is 4.23. The Balaban J connectivity index is 1.78. The lowest BCUT2D eigenvalue weighted by Crippen LogP contribution is -2.42. The zero-order valence-corrected chi connectivity index (χ0v) is 9.65. The molecule has 1 aromatic rings. The number of hydrogen-bond acceptors (Lipinski definition) is 2. The van der Waals surface area contributed by atoms with Gasteiger partial charge in [0.05, 0.1) is 6.20 Å². The van der Waals surface area contributed by atoms with E-state index in [9.17, 15) is 4.79 Å². The van der Waals surface area contributed by atoms with E-state index in [4.69, 9.17) is 0 Å². The second kappa shape index (κ2) is 5.01. The van der Waals surface area contributed by atoms with Crippen molar-refractivity contribution < 1.29 is 4.79 Å². The average Bonchev–Trinajstić information content (AvgIpc) is 2.73. The normalized spacial score (nSPS) is 16.2. The Morgan fingerprint density at radius 3 is 2.81 bits per heavy atom. The van der Waals surface area contributed by atoms with E-state index < -0.39 is 0 Å². The van der Waals surface area contributed by atoms with Crippen molar-refractivity contribution in [1.29, 1.82) is 0 Å². The smallest absolute Gasteiger partial charge is 0.317 e. The predicted octanol–water partition coefficient (Wildman–Crippen LogP) is 1.12. The molecule has 16 heavy (non-hydrogen) atoms. The maximum absolute atomic E-state index is 11.8. The summed E-state index contributed by atoms with van der Waals surface area (Å²) in [5.74, 6) is 0. The minimum Gasteiger partial charge on any atom is -0.334 e. The highest BCUT2D eigenvalue weighted by Crippen LogP contribution is 2.08. The Kier molecular flexibility index (Phi) is 3.44. The molecule has 1 aliphatic rings. The third kappa shape index (κ3) is 2.74. The van der Waals surface area contributed by atoms with Gasteiger partial charge in [-0.15, -0.1) is 0 Å². The van der Waals surface area contributed by atoms with E-state index in [0.717, 1.165) is 31.5 Å². The van der Waals surface area contributed by atoms with Crippen LogP contribution in [0.2, 0.25) is 0 Å². The molecule has 1 N–H and O–H groups in total. The Morgan fingerprint density at radius 1 is 1.44 bits per heavy atom. The molecule has 0 aliphatic carbocycles. The van der Waals surface area contributed by atoms with Crippen LogP contribution in [-0.4, -0.2) is 33.8 Å². The van der Waals surface area contributed by atoms with Crippen LogP contribution < -0.4 is 5.32 Å². The van der Waals surface area contributed by atoms with Gasteiger partial charge < -0.3 is 10.2 Å². The number of urea groups is 1. The van der Waals surface area contributed by atoms with Crippen molar-refractivity contribution in [3.63, 3.8) is 0 Å². The molecule has 88 valence electrons. The standard InChI is InChI=1S/C11H18N4O/c1-14-9-10(8-13-14)7-12-11(16)15-5-3-2-4-6-15/h8-9H,2-7H2,1H3,(H,12,16). The number of piperidine rings is 1. The summed E-state index contributed by atoms with van der Waals surface area (Å²) < 4.78 is 1.74. The van der Waals surface area contributed by atoms with Gasteiger partial charge in [-0.05, 0) is 19.3 Å². The highest BCUT2D eigenvalue weighted by molar-refractivity contribution is 5.74. The van der Waals surface area contributed by atoms with Gasteiger partial charge in [0.15, 0.2) is 0 Å². The quantitative estimate of drug-likeness (QED) is 0.815. The minimum atomic E-state index is 0.0450.